The molecule has 1 aliphatic rings. The van der Waals surface area contributed by atoms with Crippen molar-refractivity contribution < 1.29 is 14.6 Å². The van der Waals surface area contributed by atoms with Crippen LogP contribution >= 0.6 is 0 Å². The smallest absolute Gasteiger partial charge is 0.224 e. The molecule has 2 N–H and O–H groups in total. The van der Waals surface area contributed by atoms with Crippen LogP contribution in [0.5, 0.6) is 5.75 Å². The van der Waals surface area contributed by atoms with Gasteiger partial charge in [-0.1, -0.05) is 77.3 Å². The van der Waals surface area contributed by atoms with Crippen molar-refractivity contribution in [1.29, 1.82) is 0 Å². The van der Waals surface area contributed by atoms with E-state index in [4.69, 9.17) is 4.74 Å². The summed E-state index contributed by atoms with van der Waals surface area (Å²) < 4.78 is 5.49. The molecule has 0 aliphatic carbocycles. The van der Waals surface area contributed by atoms with Crippen LogP contribution in [0, 0.1) is 6.92 Å². The number of phenolic OH excluding ortho intramolecular Hbond substituents is 1. The maximum atomic E-state index is 13.4. The number of rotatable bonds is 10. The van der Waals surface area contributed by atoms with Crippen molar-refractivity contribution >= 4 is 11.6 Å². The molecule has 1 heterocycles. The number of phenols is 1. The van der Waals surface area contributed by atoms with E-state index in [1.165, 1.54) is 5.56 Å². The number of amides is 1. The maximum absolute atomic E-state index is 13.4. The first-order valence-electron chi connectivity index (χ1n) is 13.2. The van der Waals surface area contributed by atoms with Crippen molar-refractivity contribution in [1.82, 2.24) is 4.90 Å². The van der Waals surface area contributed by atoms with Crippen molar-refractivity contribution in [2.24, 2.45) is 0 Å². The summed E-state index contributed by atoms with van der Waals surface area (Å²) in [5.41, 5.74) is 4.88. The third-order valence-corrected chi connectivity index (χ3v) is 6.97. The highest BCUT2D eigenvalue weighted by molar-refractivity contribution is 5.92. The van der Waals surface area contributed by atoms with E-state index >= 15 is 0 Å². The lowest BCUT2D eigenvalue weighted by Gasteiger charge is -2.28. The molecule has 1 saturated heterocycles. The number of nitrogens with one attached hydrogen (secondary N) is 1. The molecule has 1 aliphatic heterocycles. The zero-order chi connectivity index (χ0) is 25.4. The molecule has 0 aromatic heterocycles. The third-order valence-electron chi connectivity index (χ3n) is 6.97. The van der Waals surface area contributed by atoms with Gasteiger partial charge in [0.25, 0.3) is 0 Å². The van der Waals surface area contributed by atoms with Crippen molar-refractivity contribution in [3.05, 3.63) is 58.7 Å². The SMILES string of the molecule is CCCCCC(CC(=O)Nc1cc(CN2CCOCC2)ccc1C(C)(C)C)c1cccc(C)c1O. The largest absolute Gasteiger partial charge is 0.507 e. The number of nitrogens with zero attached hydrogens (tertiary/aromatic N) is 1. The number of anilines is 1. The van der Waals surface area contributed by atoms with E-state index in [1.807, 2.05) is 25.1 Å². The summed E-state index contributed by atoms with van der Waals surface area (Å²) in [5, 5.41) is 14.0. The Labute approximate surface area is 211 Å². The van der Waals surface area contributed by atoms with Crippen LogP contribution in [0.3, 0.4) is 0 Å². The lowest BCUT2D eigenvalue weighted by atomic mass is 9.84. The molecule has 1 unspecified atom stereocenters. The van der Waals surface area contributed by atoms with Gasteiger partial charge in [0, 0.05) is 31.7 Å². The number of ether oxygens (including phenoxy) is 1. The molecule has 5 nitrogen and oxygen atoms in total. The number of para-hydroxylation sites is 1. The Hall–Kier alpha value is -2.37. The molecule has 3 rings (SSSR count). The van der Waals surface area contributed by atoms with E-state index in [0.29, 0.717) is 12.2 Å². The summed E-state index contributed by atoms with van der Waals surface area (Å²) in [5.74, 6) is 0.321. The van der Waals surface area contributed by atoms with Gasteiger partial charge in [0.05, 0.1) is 13.2 Å². The van der Waals surface area contributed by atoms with Crippen LogP contribution in [0.2, 0.25) is 0 Å². The highest BCUT2D eigenvalue weighted by Gasteiger charge is 2.23. The minimum atomic E-state index is -0.0879. The van der Waals surface area contributed by atoms with E-state index in [9.17, 15) is 9.90 Å². The highest BCUT2D eigenvalue weighted by atomic mass is 16.5. The summed E-state index contributed by atoms with van der Waals surface area (Å²) in [7, 11) is 0. The topological polar surface area (TPSA) is 61.8 Å². The van der Waals surface area contributed by atoms with Gasteiger partial charge in [-0.15, -0.1) is 0 Å². The third kappa shape index (κ3) is 7.81. The molecule has 5 heteroatoms. The Bertz CT molecular complexity index is 974. The molecule has 1 fully saturated rings. The number of aryl methyl sites for hydroxylation is 1. The second-order valence-electron chi connectivity index (χ2n) is 11.0. The Morgan fingerprint density at radius 1 is 1.14 bits per heavy atom. The quantitative estimate of drug-likeness (QED) is 0.380. The van der Waals surface area contributed by atoms with Crippen LogP contribution in [0.4, 0.5) is 5.69 Å². The van der Waals surface area contributed by atoms with Gasteiger partial charge in [0.1, 0.15) is 5.75 Å². The normalized spacial score (nSPS) is 15.7. The molecule has 1 atom stereocenters. The van der Waals surface area contributed by atoms with Crippen LogP contribution < -0.4 is 5.32 Å². The number of carbonyl (C=O) groups is 1. The summed E-state index contributed by atoms with van der Waals surface area (Å²) in [6, 6.07) is 12.3. The van der Waals surface area contributed by atoms with Crippen LogP contribution in [0.1, 0.15) is 88.0 Å². The van der Waals surface area contributed by atoms with Crippen molar-refractivity contribution in [3.63, 3.8) is 0 Å². The predicted octanol–water partition coefficient (Wildman–Crippen LogP) is 6.52. The van der Waals surface area contributed by atoms with Crippen molar-refractivity contribution in [3.8, 4) is 5.75 Å². The maximum Gasteiger partial charge on any atom is 0.224 e. The molecule has 0 radical (unpaired) electrons. The number of benzene rings is 2. The molecule has 2 aromatic carbocycles. The molecular formula is C30H44N2O3. The fourth-order valence-electron chi connectivity index (χ4n) is 4.91. The van der Waals surface area contributed by atoms with Crippen LogP contribution in [0.25, 0.3) is 0 Å². The van der Waals surface area contributed by atoms with E-state index in [0.717, 1.165) is 80.9 Å². The first-order valence-corrected chi connectivity index (χ1v) is 13.2. The van der Waals surface area contributed by atoms with Crippen molar-refractivity contribution in [2.45, 2.75) is 84.6 Å². The van der Waals surface area contributed by atoms with Gasteiger partial charge >= 0.3 is 0 Å². The fraction of sp³-hybridized carbons (Fsp3) is 0.567. The second-order valence-corrected chi connectivity index (χ2v) is 11.0. The van der Waals surface area contributed by atoms with Crippen LogP contribution in [-0.2, 0) is 21.5 Å². The number of hydrogen-bond donors (Lipinski definition) is 2. The van der Waals surface area contributed by atoms with Crippen LogP contribution in [-0.4, -0.2) is 42.2 Å². The van der Waals surface area contributed by atoms with E-state index < -0.39 is 0 Å². The standard InChI is InChI=1S/C30H44N2O3/c1-6-7-8-11-24(25-12-9-10-22(2)29(25)34)20-28(33)31-27-19-23(13-14-26(27)30(3,4)5)21-32-15-17-35-18-16-32/h9-10,12-14,19,24,34H,6-8,11,15-18,20-21H2,1-5H3,(H,31,33). The molecule has 0 bridgehead atoms. The summed E-state index contributed by atoms with van der Waals surface area (Å²) in [4.78, 5) is 15.8. The molecule has 2 aromatic rings. The Morgan fingerprint density at radius 3 is 2.57 bits per heavy atom. The molecule has 192 valence electrons. The lowest BCUT2D eigenvalue weighted by Crippen LogP contribution is -2.35. The van der Waals surface area contributed by atoms with E-state index in [1.54, 1.807) is 0 Å². The zero-order valence-electron chi connectivity index (χ0n) is 22.3. The fourth-order valence-corrected chi connectivity index (χ4v) is 4.91. The Balaban J connectivity index is 1.80. The minimum Gasteiger partial charge on any atom is -0.507 e. The molecule has 35 heavy (non-hydrogen) atoms. The average Bonchev–Trinajstić information content (AvgIpc) is 2.80. The second kappa shape index (κ2) is 12.5. The monoisotopic (exact) mass is 480 g/mol. The van der Waals surface area contributed by atoms with Crippen molar-refractivity contribution in [2.75, 3.05) is 31.6 Å². The summed E-state index contributed by atoms with van der Waals surface area (Å²) in [6.45, 7) is 14.9. The summed E-state index contributed by atoms with van der Waals surface area (Å²) >= 11 is 0. The van der Waals surface area contributed by atoms with Crippen LogP contribution in [0.15, 0.2) is 36.4 Å². The van der Waals surface area contributed by atoms with Gasteiger partial charge in [-0.25, -0.2) is 0 Å². The number of unbranched alkanes of at least 4 members (excludes halogenated alkanes) is 2. The minimum absolute atomic E-state index is 0.00132. The number of aromatic hydroxyl groups is 1. The number of hydrogen-bond acceptors (Lipinski definition) is 4. The average molecular weight is 481 g/mol. The summed E-state index contributed by atoms with van der Waals surface area (Å²) in [6.07, 6.45) is 4.55. The van der Waals surface area contributed by atoms with Gasteiger partial charge in [-0.2, -0.15) is 0 Å². The number of carbonyl (C=O) groups excluding carboxylic acids is 1. The Kier molecular flexibility index (Phi) is 9.76. The van der Waals surface area contributed by atoms with Gasteiger partial charge < -0.3 is 15.2 Å². The predicted molar refractivity (Wildman–Crippen MR) is 144 cm³/mol. The first-order chi connectivity index (χ1) is 16.7. The van der Waals surface area contributed by atoms with E-state index in [2.05, 4.69) is 56.1 Å². The number of morpholine rings is 1. The van der Waals surface area contributed by atoms with Gasteiger partial charge in [0.15, 0.2) is 0 Å². The lowest BCUT2D eigenvalue weighted by molar-refractivity contribution is -0.116. The molecule has 1 amide bonds. The molecule has 0 saturated carbocycles. The molecular weight excluding hydrogens is 436 g/mol. The van der Waals surface area contributed by atoms with E-state index in [-0.39, 0.29) is 17.2 Å². The highest BCUT2D eigenvalue weighted by Crippen LogP contribution is 2.36. The van der Waals surface area contributed by atoms with Gasteiger partial charge in [0.2, 0.25) is 5.91 Å². The first kappa shape index (κ1) is 27.2. The zero-order valence-corrected chi connectivity index (χ0v) is 22.3. The van der Waals surface area contributed by atoms with Gasteiger partial charge in [-0.05, 0) is 53.0 Å². The Morgan fingerprint density at radius 2 is 1.89 bits per heavy atom. The van der Waals surface area contributed by atoms with Gasteiger partial charge in [-0.3, -0.25) is 9.69 Å². The molecule has 0 spiro atoms.